The van der Waals surface area contributed by atoms with Crippen molar-refractivity contribution in [2.24, 2.45) is 4.99 Å². The molecule has 0 aliphatic heterocycles. The summed E-state index contributed by atoms with van der Waals surface area (Å²) in [6.45, 7) is 8.46. The standard InChI is InChI=1S/C15H20ClNO/c1-5-12(3)17-10-15(16)13(4)18-14-8-6-11(2)7-9-14/h6-9H,5,10H2,1-4H3/b15-13-,17-12?. The van der Waals surface area contributed by atoms with Crippen LogP contribution in [-0.2, 0) is 0 Å². The fraction of sp³-hybridized carbons (Fsp3) is 0.400. The molecule has 0 aliphatic rings. The van der Waals surface area contributed by atoms with Crippen LogP contribution in [0.2, 0.25) is 0 Å². The lowest BCUT2D eigenvalue weighted by Gasteiger charge is -2.08. The average molecular weight is 266 g/mol. The van der Waals surface area contributed by atoms with Crippen molar-refractivity contribution in [2.45, 2.75) is 34.1 Å². The molecular formula is C15H20ClNO. The van der Waals surface area contributed by atoms with Crippen LogP contribution in [0.4, 0.5) is 0 Å². The van der Waals surface area contributed by atoms with Gasteiger partial charge in [0.05, 0.1) is 11.6 Å². The number of rotatable bonds is 5. The number of ether oxygens (including phenoxy) is 1. The van der Waals surface area contributed by atoms with E-state index in [4.69, 9.17) is 16.3 Å². The van der Waals surface area contributed by atoms with Crippen molar-refractivity contribution in [1.82, 2.24) is 0 Å². The van der Waals surface area contributed by atoms with E-state index in [1.807, 2.05) is 45.0 Å². The van der Waals surface area contributed by atoms with Gasteiger partial charge in [0.15, 0.2) is 0 Å². The van der Waals surface area contributed by atoms with Crippen LogP contribution >= 0.6 is 11.6 Å². The Morgan fingerprint density at radius 1 is 1.22 bits per heavy atom. The van der Waals surface area contributed by atoms with Crippen LogP contribution in [0.25, 0.3) is 0 Å². The molecule has 0 saturated heterocycles. The molecule has 18 heavy (non-hydrogen) atoms. The first-order valence-corrected chi connectivity index (χ1v) is 6.50. The molecule has 0 atom stereocenters. The summed E-state index contributed by atoms with van der Waals surface area (Å²) in [6, 6.07) is 7.89. The van der Waals surface area contributed by atoms with Crippen LogP contribution in [-0.4, -0.2) is 12.3 Å². The number of hydrogen-bond acceptors (Lipinski definition) is 2. The predicted octanol–water partition coefficient (Wildman–Crippen LogP) is 4.72. The lowest BCUT2D eigenvalue weighted by atomic mass is 10.2. The molecule has 0 saturated carbocycles. The molecule has 0 aliphatic carbocycles. The van der Waals surface area contributed by atoms with E-state index in [1.165, 1.54) is 5.56 Å². The molecule has 0 bridgehead atoms. The minimum absolute atomic E-state index is 0.485. The highest BCUT2D eigenvalue weighted by Gasteiger charge is 2.02. The maximum atomic E-state index is 6.16. The maximum absolute atomic E-state index is 6.16. The molecule has 0 N–H and O–H groups in total. The first-order valence-electron chi connectivity index (χ1n) is 6.12. The van der Waals surface area contributed by atoms with Crippen molar-refractivity contribution < 1.29 is 4.74 Å². The zero-order valence-corrected chi connectivity index (χ0v) is 12.2. The molecule has 0 fully saturated rings. The van der Waals surface area contributed by atoms with Gasteiger partial charge < -0.3 is 4.74 Å². The van der Waals surface area contributed by atoms with Crippen LogP contribution in [0.15, 0.2) is 40.0 Å². The summed E-state index contributed by atoms with van der Waals surface area (Å²) in [4.78, 5) is 4.37. The van der Waals surface area contributed by atoms with Gasteiger partial charge in [-0.1, -0.05) is 36.2 Å². The third kappa shape index (κ3) is 4.92. The number of aryl methyl sites for hydroxylation is 1. The largest absolute Gasteiger partial charge is 0.461 e. The minimum Gasteiger partial charge on any atom is -0.461 e. The van der Waals surface area contributed by atoms with Gasteiger partial charge in [0.1, 0.15) is 11.5 Å². The van der Waals surface area contributed by atoms with Gasteiger partial charge in [-0.25, -0.2) is 0 Å². The number of benzene rings is 1. The summed E-state index contributed by atoms with van der Waals surface area (Å²) < 4.78 is 5.68. The second-order valence-electron chi connectivity index (χ2n) is 4.28. The Kier molecular flexibility index (Phi) is 5.93. The van der Waals surface area contributed by atoms with Gasteiger partial charge in [0.25, 0.3) is 0 Å². The Bertz CT molecular complexity index is 446. The Balaban J connectivity index is 2.67. The monoisotopic (exact) mass is 265 g/mol. The topological polar surface area (TPSA) is 21.6 Å². The molecule has 3 heteroatoms. The molecule has 1 rings (SSSR count). The molecule has 0 heterocycles. The Morgan fingerprint density at radius 2 is 1.83 bits per heavy atom. The molecular weight excluding hydrogens is 246 g/mol. The first kappa shape index (κ1) is 14.8. The van der Waals surface area contributed by atoms with Gasteiger partial charge >= 0.3 is 0 Å². The lowest BCUT2D eigenvalue weighted by molar-refractivity contribution is 0.424. The summed E-state index contributed by atoms with van der Waals surface area (Å²) in [6.07, 6.45) is 0.946. The Labute approximate surface area is 114 Å². The van der Waals surface area contributed by atoms with Gasteiger partial charge in [-0.15, -0.1) is 0 Å². The van der Waals surface area contributed by atoms with Crippen LogP contribution < -0.4 is 4.74 Å². The van der Waals surface area contributed by atoms with Gasteiger partial charge in [0.2, 0.25) is 0 Å². The molecule has 0 radical (unpaired) electrons. The minimum atomic E-state index is 0.485. The molecule has 0 amide bonds. The highest BCUT2D eigenvalue weighted by Crippen LogP contribution is 2.18. The molecule has 2 nitrogen and oxygen atoms in total. The first-order chi connectivity index (χ1) is 8.52. The molecule has 0 spiro atoms. The van der Waals surface area contributed by atoms with E-state index < -0.39 is 0 Å². The highest BCUT2D eigenvalue weighted by molar-refractivity contribution is 6.30. The van der Waals surface area contributed by atoms with E-state index in [2.05, 4.69) is 11.9 Å². The van der Waals surface area contributed by atoms with Crippen molar-refractivity contribution in [3.8, 4) is 5.75 Å². The fourth-order valence-corrected chi connectivity index (χ4v) is 1.36. The third-order valence-corrected chi connectivity index (χ3v) is 3.06. The Morgan fingerprint density at radius 3 is 2.39 bits per heavy atom. The quantitative estimate of drug-likeness (QED) is 0.558. The van der Waals surface area contributed by atoms with Crippen molar-refractivity contribution in [3.05, 3.63) is 40.6 Å². The van der Waals surface area contributed by atoms with Crippen LogP contribution in [0.5, 0.6) is 5.75 Å². The summed E-state index contributed by atoms with van der Waals surface area (Å²) >= 11 is 6.16. The van der Waals surface area contributed by atoms with Gasteiger partial charge in [-0.3, -0.25) is 4.99 Å². The van der Waals surface area contributed by atoms with Crippen molar-refractivity contribution in [2.75, 3.05) is 6.54 Å². The van der Waals surface area contributed by atoms with E-state index in [9.17, 15) is 0 Å². The number of allylic oxidation sites excluding steroid dienone is 1. The summed E-state index contributed by atoms with van der Waals surface area (Å²) in [5.41, 5.74) is 2.30. The SMILES string of the molecule is CCC(C)=NC/C(Cl)=C(\C)Oc1ccc(C)cc1. The number of hydrogen-bond donors (Lipinski definition) is 0. The van der Waals surface area contributed by atoms with E-state index in [0.29, 0.717) is 17.3 Å². The van der Waals surface area contributed by atoms with E-state index >= 15 is 0 Å². The van der Waals surface area contributed by atoms with Crippen molar-refractivity contribution in [1.29, 1.82) is 0 Å². The zero-order chi connectivity index (χ0) is 13.5. The second-order valence-corrected chi connectivity index (χ2v) is 4.74. The zero-order valence-electron chi connectivity index (χ0n) is 11.5. The molecule has 98 valence electrons. The molecule has 0 unspecified atom stereocenters. The summed E-state index contributed by atoms with van der Waals surface area (Å²) in [5, 5.41) is 0.642. The number of aliphatic imine (C=N–C) groups is 1. The average Bonchev–Trinajstić information content (AvgIpc) is 2.38. The van der Waals surface area contributed by atoms with Gasteiger partial charge in [-0.2, -0.15) is 0 Å². The fourth-order valence-electron chi connectivity index (χ4n) is 1.27. The smallest absolute Gasteiger partial charge is 0.126 e. The van der Waals surface area contributed by atoms with Crippen LogP contribution in [0, 0.1) is 6.92 Å². The maximum Gasteiger partial charge on any atom is 0.126 e. The van der Waals surface area contributed by atoms with E-state index in [0.717, 1.165) is 17.9 Å². The van der Waals surface area contributed by atoms with Crippen LogP contribution in [0.3, 0.4) is 0 Å². The highest BCUT2D eigenvalue weighted by atomic mass is 35.5. The van der Waals surface area contributed by atoms with Crippen molar-refractivity contribution in [3.63, 3.8) is 0 Å². The van der Waals surface area contributed by atoms with E-state index in [1.54, 1.807) is 0 Å². The predicted molar refractivity (Wildman–Crippen MR) is 78.6 cm³/mol. The molecule has 0 aromatic heterocycles. The van der Waals surface area contributed by atoms with Crippen molar-refractivity contribution >= 4 is 17.3 Å². The van der Waals surface area contributed by atoms with E-state index in [-0.39, 0.29) is 0 Å². The molecule has 1 aromatic rings. The third-order valence-electron chi connectivity index (χ3n) is 2.67. The lowest BCUT2D eigenvalue weighted by Crippen LogP contribution is -1.98. The van der Waals surface area contributed by atoms with Crippen LogP contribution in [0.1, 0.15) is 32.8 Å². The van der Waals surface area contributed by atoms with Gasteiger partial charge in [0, 0.05) is 5.71 Å². The number of halogens is 1. The normalized spacial score (nSPS) is 13.3. The number of nitrogens with zero attached hydrogens (tertiary/aromatic N) is 1. The summed E-state index contributed by atoms with van der Waals surface area (Å²) in [7, 11) is 0. The summed E-state index contributed by atoms with van der Waals surface area (Å²) in [5.74, 6) is 1.50. The van der Waals surface area contributed by atoms with Gasteiger partial charge in [-0.05, 0) is 39.3 Å². The molecule has 1 aromatic carbocycles. The Hall–Kier alpha value is -1.28. The second kappa shape index (κ2) is 7.22.